The van der Waals surface area contributed by atoms with E-state index in [1.165, 1.54) is 33.2 Å². The average Bonchev–Trinajstić information content (AvgIpc) is 3.15. The highest BCUT2D eigenvalue weighted by atomic mass is 32.2. The zero-order chi connectivity index (χ0) is 25.2. The van der Waals surface area contributed by atoms with Gasteiger partial charge in [-0.05, 0) is 31.5 Å². The third-order valence-corrected chi connectivity index (χ3v) is 7.84. The van der Waals surface area contributed by atoms with Gasteiger partial charge < -0.3 is 9.53 Å². The maximum absolute atomic E-state index is 13.4. The number of aromatic amines is 1. The summed E-state index contributed by atoms with van der Waals surface area (Å²) in [6.07, 6.45) is 3.51. The molecule has 0 amide bonds. The van der Waals surface area contributed by atoms with Crippen molar-refractivity contribution in [3.63, 3.8) is 0 Å². The minimum atomic E-state index is -3.83. The minimum Gasteiger partial charge on any atom is -0.465 e. The van der Waals surface area contributed by atoms with Gasteiger partial charge in [0.25, 0.3) is 0 Å². The molecule has 0 radical (unpaired) electrons. The molecule has 12 heteroatoms. The number of hydrogen-bond donors (Lipinski definition) is 1. The molecule has 1 aromatic carbocycles. The number of aldehydes is 1. The number of nitrogens with zero attached hydrogens (tertiary/aromatic N) is 5. The van der Waals surface area contributed by atoms with Crippen molar-refractivity contribution in [1.82, 2.24) is 28.6 Å². The lowest BCUT2D eigenvalue weighted by Gasteiger charge is -2.32. The molecule has 1 aliphatic rings. The quantitative estimate of drug-likeness (QED) is 0.344. The first-order valence-electron chi connectivity index (χ1n) is 11.4. The van der Waals surface area contributed by atoms with Crippen molar-refractivity contribution in [1.29, 1.82) is 0 Å². The predicted molar refractivity (Wildman–Crippen MR) is 130 cm³/mol. The molecular weight excluding hydrogens is 472 g/mol. The number of hydrogen-bond acceptors (Lipinski definition) is 8. The van der Waals surface area contributed by atoms with Crippen LogP contribution in [0.4, 0.5) is 0 Å². The van der Waals surface area contributed by atoms with Crippen LogP contribution in [0.25, 0.3) is 17.0 Å². The lowest BCUT2D eigenvalue weighted by Crippen LogP contribution is -2.48. The van der Waals surface area contributed by atoms with Crippen LogP contribution in [0.15, 0.2) is 40.7 Å². The van der Waals surface area contributed by atoms with Gasteiger partial charge in [0.1, 0.15) is 23.7 Å². The molecular formula is C23H28N6O5S. The number of piperazine rings is 1. The van der Waals surface area contributed by atoms with Crippen molar-refractivity contribution in [2.24, 2.45) is 0 Å². The smallest absolute Gasteiger partial charge is 0.334 e. The zero-order valence-corrected chi connectivity index (χ0v) is 20.5. The Balaban J connectivity index is 1.79. The molecule has 4 rings (SSSR count). The predicted octanol–water partition coefficient (Wildman–Crippen LogP) is 1.37. The van der Waals surface area contributed by atoms with E-state index in [0.717, 1.165) is 12.7 Å². The number of nitrogens with one attached hydrogen (secondary N) is 1. The second-order valence-corrected chi connectivity index (χ2v) is 10.2. The van der Waals surface area contributed by atoms with E-state index in [-0.39, 0.29) is 30.4 Å². The first-order valence-corrected chi connectivity index (χ1v) is 12.8. The largest absolute Gasteiger partial charge is 0.465 e. The van der Waals surface area contributed by atoms with Crippen LogP contribution in [-0.4, -0.2) is 76.0 Å². The van der Waals surface area contributed by atoms with Crippen molar-refractivity contribution in [3.05, 3.63) is 53.0 Å². The van der Waals surface area contributed by atoms with Crippen LogP contribution in [0.2, 0.25) is 0 Å². The lowest BCUT2D eigenvalue weighted by molar-refractivity contribution is -0.109. The second-order valence-electron chi connectivity index (χ2n) is 8.22. The van der Waals surface area contributed by atoms with E-state index in [9.17, 15) is 18.0 Å². The summed E-state index contributed by atoms with van der Waals surface area (Å²) in [4.78, 5) is 37.5. The van der Waals surface area contributed by atoms with Gasteiger partial charge in [0.15, 0.2) is 5.65 Å². The monoisotopic (exact) mass is 500 g/mol. The minimum absolute atomic E-state index is 0.0498. The van der Waals surface area contributed by atoms with E-state index in [2.05, 4.69) is 21.5 Å². The number of imidazole rings is 1. The molecule has 0 atom stereocenters. The van der Waals surface area contributed by atoms with E-state index in [1.807, 2.05) is 11.8 Å². The van der Waals surface area contributed by atoms with E-state index in [4.69, 9.17) is 4.74 Å². The van der Waals surface area contributed by atoms with Crippen LogP contribution in [0, 0.1) is 6.92 Å². The van der Waals surface area contributed by atoms with Crippen LogP contribution in [-0.2, 0) is 21.2 Å². The highest BCUT2D eigenvalue weighted by Gasteiger charge is 2.29. The molecule has 0 aliphatic carbocycles. The SMILES string of the molecule is C=COc1ccc(S(=O)(=O)N2CCN(CC=O)CC2)cc1-c1nc2c(CCC)nc(C)n2c(=O)[nH]1. The number of carbonyl (C=O) groups is 1. The highest BCUT2D eigenvalue weighted by molar-refractivity contribution is 7.89. The Labute approximate surface area is 203 Å². The Bertz CT molecular complexity index is 1420. The molecule has 11 nitrogen and oxygen atoms in total. The molecule has 1 N–H and O–H groups in total. The van der Waals surface area contributed by atoms with Crippen LogP contribution in [0.1, 0.15) is 24.9 Å². The number of aryl methyl sites for hydroxylation is 2. The van der Waals surface area contributed by atoms with Crippen LogP contribution in [0.3, 0.4) is 0 Å². The van der Waals surface area contributed by atoms with Crippen molar-refractivity contribution in [3.8, 4) is 17.1 Å². The number of aromatic nitrogens is 4. The molecule has 1 fully saturated rings. The molecule has 0 spiro atoms. The lowest BCUT2D eigenvalue weighted by atomic mass is 10.2. The van der Waals surface area contributed by atoms with Crippen LogP contribution < -0.4 is 10.4 Å². The van der Waals surface area contributed by atoms with Gasteiger partial charge in [-0.3, -0.25) is 9.88 Å². The maximum Gasteiger partial charge on any atom is 0.334 e. The van der Waals surface area contributed by atoms with Gasteiger partial charge in [-0.1, -0.05) is 19.9 Å². The number of H-pyrrole nitrogens is 1. The number of fused-ring (bicyclic) bond motifs is 1. The molecule has 186 valence electrons. The Kier molecular flexibility index (Phi) is 7.15. The molecule has 3 heterocycles. The molecule has 2 aromatic heterocycles. The molecule has 0 bridgehead atoms. The van der Waals surface area contributed by atoms with E-state index in [1.54, 1.807) is 6.92 Å². The van der Waals surface area contributed by atoms with Crippen molar-refractivity contribution in [2.75, 3.05) is 32.7 Å². The summed E-state index contributed by atoms with van der Waals surface area (Å²) < 4.78 is 35.1. The van der Waals surface area contributed by atoms with Crippen molar-refractivity contribution >= 4 is 22.0 Å². The van der Waals surface area contributed by atoms with Crippen molar-refractivity contribution in [2.45, 2.75) is 31.6 Å². The summed E-state index contributed by atoms with van der Waals surface area (Å²) in [5.74, 6) is 0.997. The Morgan fingerprint density at radius 3 is 2.60 bits per heavy atom. The zero-order valence-electron chi connectivity index (χ0n) is 19.7. The summed E-state index contributed by atoms with van der Waals surface area (Å²) in [6.45, 7) is 9.08. The second kappa shape index (κ2) is 10.1. The Morgan fingerprint density at radius 2 is 1.94 bits per heavy atom. The van der Waals surface area contributed by atoms with Gasteiger partial charge in [0.05, 0.1) is 29.0 Å². The van der Waals surface area contributed by atoms with E-state index in [0.29, 0.717) is 48.0 Å². The van der Waals surface area contributed by atoms with E-state index >= 15 is 0 Å². The number of benzene rings is 1. The van der Waals surface area contributed by atoms with Gasteiger partial charge in [-0.15, -0.1) is 0 Å². The maximum atomic E-state index is 13.4. The molecule has 0 saturated carbocycles. The van der Waals surface area contributed by atoms with Gasteiger partial charge in [-0.25, -0.2) is 27.6 Å². The molecule has 1 saturated heterocycles. The number of ether oxygens (including phenoxy) is 1. The Hall–Kier alpha value is -3.35. The standard InChI is InChI=1S/C23H28N6O5S/c1-4-6-19-22-25-21(26-23(31)29(22)16(3)24-19)18-15-17(7-8-20(18)34-5-2)35(32,33)28-11-9-27(10-12-28)13-14-30/h5,7-8,14-15H,2,4,6,9-13H2,1,3H3,(H,25,26,31). The number of sulfonamides is 1. The molecule has 0 unspecified atom stereocenters. The van der Waals surface area contributed by atoms with E-state index < -0.39 is 15.7 Å². The van der Waals surface area contributed by atoms with Crippen LogP contribution >= 0.6 is 0 Å². The van der Waals surface area contributed by atoms with Gasteiger partial charge in [0, 0.05) is 26.2 Å². The first kappa shape index (κ1) is 24.8. The van der Waals surface area contributed by atoms with Gasteiger partial charge in [0.2, 0.25) is 10.0 Å². The summed E-state index contributed by atoms with van der Waals surface area (Å²) >= 11 is 0. The highest BCUT2D eigenvalue weighted by Crippen LogP contribution is 2.32. The number of carbonyl (C=O) groups excluding carboxylic acids is 1. The topological polar surface area (TPSA) is 130 Å². The summed E-state index contributed by atoms with van der Waals surface area (Å²) in [5.41, 5.74) is 1.00. The normalized spacial score (nSPS) is 15.4. The number of rotatable bonds is 9. The summed E-state index contributed by atoms with van der Waals surface area (Å²) in [7, 11) is -3.83. The Morgan fingerprint density at radius 1 is 1.20 bits per heavy atom. The van der Waals surface area contributed by atoms with Crippen LogP contribution in [0.5, 0.6) is 5.75 Å². The summed E-state index contributed by atoms with van der Waals surface area (Å²) in [5, 5.41) is 0. The first-order chi connectivity index (χ1) is 16.8. The fourth-order valence-corrected chi connectivity index (χ4v) is 5.66. The third kappa shape index (κ3) is 4.77. The molecule has 3 aromatic rings. The molecule has 1 aliphatic heterocycles. The van der Waals surface area contributed by atoms with Gasteiger partial charge in [-0.2, -0.15) is 4.31 Å². The average molecular weight is 501 g/mol. The fourth-order valence-electron chi connectivity index (χ4n) is 4.21. The van der Waals surface area contributed by atoms with Gasteiger partial charge >= 0.3 is 5.69 Å². The third-order valence-electron chi connectivity index (χ3n) is 5.94. The molecule has 35 heavy (non-hydrogen) atoms. The fraction of sp³-hybridized carbons (Fsp3) is 0.391. The summed E-state index contributed by atoms with van der Waals surface area (Å²) in [6, 6.07) is 4.42. The van der Waals surface area contributed by atoms with Crippen molar-refractivity contribution < 1.29 is 17.9 Å².